The maximum atomic E-state index is 14.3. The van der Waals surface area contributed by atoms with Gasteiger partial charge in [-0.2, -0.15) is 0 Å². The molecule has 1 unspecified atom stereocenters. The molecule has 0 saturated heterocycles. The van der Waals surface area contributed by atoms with Crippen molar-refractivity contribution in [2.75, 3.05) is 24.9 Å². The molecule has 10 nitrogen and oxygen atoms in total. The van der Waals surface area contributed by atoms with Crippen molar-refractivity contribution in [1.82, 2.24) is 10.1 Å². The number of thiophene rings is 1. The van der Waals surface area contributed by atoms with Crippen molar-refractivity contribution in [3.8, 4) is 11.5 Å². The highest BCUT2D eigenvalue weighted by Gasteiger charge is 2.36. The molecular weight excluding hydrogens is 530 g/mol. The van der Waals surface area contributed by atoms with Gasteiger partial charge in [-0.1, -0.05) is 22.8 Å². The van der Waals surface area contributed by atoms with E-state index in [1.54, 1.807) is 38.2 Å². The summed E-state index contributed by atoms with van der Waals surface area (Å²) in [5.41, 5.74) is 1.20. The van der Waals surface area contributed by atoms with Gasteiger partial charge in [0, 0.05) is 30.0 Å². The monoisotopic (exact) mass is 551 g/mol. The fourth-order valence-corrected chi connectivity index (χ4v) is 7.04. The number of sulfonamides is 1. The Kier molecular flexibility index (Phi) is 6.79. The third kappa shape index (κ3) is 4.50. The van der Waals surface area contributed by atoms with Crippen LogP contribution in [0.5, 0.6) is 11.5 Å². The van der Waals surface area contributed by atoms with Crippen molar-refractivity contribution in [2.45, 2.75) is 31.5 Å². The van der Waals surface area contributed by atoms with E-state index in [1.165, 1.54) is 18.4 Å². The summed E-state index contributed by atoms with van der Waals surface area (Å²) in [7, 11) is -2.81. The van der Waals surface area contributed by atoms with E-state index >= 15 is 0 Å². The van der Waals surface area contributed by atoms with Gasteiger partial charge in [0.25, 0.3) is 15.9 Å². The first-order valence-corrected chi connectivity index (χ1v) is 13.5. The molecule has 190 valence electrons. The summed E-state index contributed by atoms with van der Waals surface area (Å²) < 4.78 is 56.4. The number of hydrogen-bond donors (Lipinski definition) is 0. The van der Waals surface area contributed by atoms with Crippen LogP contribution in [0.3, 0.4) is 0 Å². The first kappa shape index (κ1) is 24.8. The van der Waals surface area contributed by atoms with Crippen LogP contribution in [0.4, 0.5) is 5.88 Å². The highest BCUT2D eigenvalue weighted by molar-refractivity contribution is 7.93. The summed E-state index contributed by atoms with van der Waals surface area (Å²) in [4.78, 5) is 5.65. The molecule has 4 heterocycles. The normalized spacial score (nSPS) is 13.9. The molecule has 3 aromatic heterocycles. The first-order chi connectivity index (χ1) is 17.3. The van der Waals surface area contributed by atoms with Gasteiger partial charge >= 0.3 is 0 Å². The molecule has 4 aromatic rings. The number of fused-ring (bicyclic) bond motifs is 2. The summed E-state index contributed by atoms with van der Waals surface area (Å²) in [6.07, 6.45) is 1.26. The number of halogens is 1. The minimum Gasteiger partial charge on any atom is -0.454 e. The Labute approximate surface area is 216 Å². The Morgan fingerprint density at radius 1 is 1.25 bits per heavy atom. The van der Waals surface area contributed by atoms with Gasteiger partial charge in [0.15, 0.2) is 17.8 Å². The molecular formula is C23H22ClN3O7S2. The predicted molar refractivity (Wildman–Crippen MR) is 133 cm³/mol. The van der Waals surface area contributed by atoms with E-state index in [1.807, 2.05) is 12.1 Å². The van der Waals surface area contributed by atoms with E-state index in [0.717, 1.165) is 9.87 Å². The predicted octanol–water partition coefficient (Wildman–Crippen LogP) is 4.73. The molecule has 0 saturated carbocycles. The molecule has 0 N–H and O–H groups in total. The zero-order valence-corrected chi connectivity index (χ0v) is 21.9. The maximum Gasteiger partial charge on any atom is 0.270 e. The molecule has 1 aliphatic rings. The number of aryl methyl sites for hydroxylation is 1. The number of anilines is 1. The number of benzene rings is 1. The zero-order valence-electron chi connectivity index (χ0n) is 19.6. The maximum absolute atomic E-state index is 14.3. The summed E-state index contributed by atoms with van der Waals surface area (Å²) in [6, 6.07) is 8.94. The Hall–Kier alpha value is -2.90. The van der Waals surface area contributed by atoms with Crippen LogP contribution in [0.1, 0.15) is 23.1 Å². The average Bonchev–Trinajstić information content (AvgIpc) is 3.56. The SMILES string of the molecule is COC(C)OCN(c1onc(C)c1Cl)S(=O)(=O)c1c(Cc2ccc3c(c2)OCO3)sc2ncccc12. The Morgan fingerprint density at radius 3 is 2.81 bits per heavy atom. The third-order valence-electron chi connectivity index (χ3n) is 5.60. The summed E-state index contributed by atoms with van der Waals surface area (Å²) in [5.74, 6) is 1.12. The molecule has 0 bridgehead atoms. The number of rotatable bonds is 9. The van der Waals surface area contributed by atoms with Crippen molar-refractivity contribution in [3.63, 3.8) is 0 Å². The molecule has 0 aliphatic carbocycles. The van der Waals surface area contributed by atoms with Gasteiger partial charge in [0.1, 0.15) is 27.2 Å². The van der Waals surface area contributed by atoms with Crippen LogP contribution in [0.2, 0.25) is 5.02 Å². The molecule has 1 atom stereocenters. The minimum absolute atomic E-state index is 0.0715. The number of hydrogen-bond acceptors (Lipinski definition) is 10. The first-order valence-electron chi connectivity index (χ1n) is 10.8. The van der Waals surface area contributed by atoms with Gasteiger partial charge in [0.2, 0.25) is 6.79 Å². The van der Waals surface area contributed by atoms with Gasteiger partial charge in [-0.15, -0.1) is 11.3 Å². The minimum atomic E-state index is -4.26. The van der Waals surface area contributed by atoms with Crippen molar-refractivity contribution in [2.24, 2.45) is 0 Å². The van der Waals surface area contributed by atoms with Gasteiger partial charge in [-0.25, -0.2) is 17.7 Å². The lowest BCUT2D eigenvalue weighted by Gasteiger charge is -2.23. The van der Waals surface area contributed by atoms with Crippen LogP contribution in [-0.2, 0) is 25.9 Å². The molecule has 36 heavy (non-hydrogen) atoms. The number of pyridine rings is 1. The summed E-state index contributed by atoms with van der Waals surface area (Å²) >= 11 is 7.67. The van der Waals surface area contributed by atoms with Crippen LogP contribution in [0, 0.1) is 6.92 Å². The fourth-order valence-electron chi connectivity index (χ4n) is 3.68. The molecule has 5 rings (SSSR count). The number of nitrogens with zero attached hydrogens (tertiary/aromatic N) is 3. The van der Waals surface area contributed by atoms with E-state index in [-0.39, 0.29) is 22.6 Å². The van der Waals surface area contributed by atoms with E-state index in [0.29, 0.717) is 38.7 Å². The van der Waals surface area contributed by atoms with E-state index in [2.05, 4.69) is 10.1 Å². The Bertz CT molecular complexity index is 1520. The van der Waals surface area contributed by atoms with Crippen LogP contribution < -0.4 is 13.8 Å². The Morgan fingerprint density at radius 2 is 2.06 bits per heavy atom. The number of ether oxygens (including phenoxy) is 4. The van der Waals surface area contributed by atoms with Crippen molar-refractivity contribution < 1.29 is 31.9 Å². The second-order valence-corrected chi connectivity index (χ2v) is 11.2. The van der Waals surface area contributed by atoms with Gasteiger partial charge < -0.3 is 23.5 Å². The standard InChI is InChI=1S/C23H22ClN3O7S2/c1-13-20(24)23(34-26-13)27(11-31-14(2)30-3)36(28,29)21-16-5-4-8-25-22(16)35-19(21)10-15-6-7-17-18(9-15)33-12-32-17/h4-9,14H,10-12H2,1-3H3. The highest BCUT2D eigenvalue weighted by Crippen LogP contribution is 2.41. The van der Waals surface area contributed by atoms with Crippen molar-refractivity contribution >= 4 is 49.1 Å². The average molecular weight is 552 g/mol. The second-order valence-electron chi connectivity index (χ2n) is 7.91. The van der Waals surface area contributed by atoms with E-state index < -0.39 is 23.0 Å². The molecule has 0 amide bonds. The third-order valence-corrected chi connectivity index (χ3v) is 9.11. The highest BCUT2D eigenvalue weighted by atomic mass is 35.5. The van der Waals surface area contributed by atoms with Crippen LogP contribution in [-0.4, -0.2) is 45.5 Å². The second kappa shape index (κ2) is 9.87. The van der Waals surface area contributed by atoms with Crippen LogP contribution in [0.25, 0.3) is 10.2 Å². The molecule has 0 spiro atoms. The Balaban J connectivity index is 1.62. The fraction of sp³-hybridized carbons (Fsp3) is 0.304. The molecule has 13 heteroatoms. The van der Waals surface area contributed by atoms with E-state index in [4.69, 9.17) is 35.1 Å². The lowest BCUT2D eigenvalue weighted by molar-refractivity contribution is -0.108. The van der Waals surface area contributed by atoms with Gasteiger partial charge in [0.05, 0.1) is 0 Å². The molecule has 0 fully saturated rings. The lowest BCUT2D eigenvalue weighted by atomic mass is 10.1. The van der Waals surface area contributed by atoms with E-state index in [9.17, 15) is 8.42 Å². The summed E-state index contributed by atoms with van der Waals surface area (Å²) in [5, 5.41) is 4.38. The largest absolute Gasteiger partial charge is 0.454 e. The topological polar surface area (TPSA) is 113 Å². The van der Waals surface area contributed by atoms with Crippen molar-refractivity contribution in [1.29, 1.82) is 0 Å². The van der Waals surface area contributed by atoms with Gasteiger partial charge in [-0.05, 0) is 43.7 Å². The molecule has 1 aromatic carbocycles. The summed E-state index contributed by atoms with van der Waals surface area (Å²) in [6.45, 7) is 3.00. The molecule has 1 aliphatic heterocycles. The number of methoxy groups -OCH3 is 1. The lowest BCUT2D eigenvalue weighted by Crippen LogP contribution is -2.35. The van der Waals surface area contributed by atoms with Gasteiger partial charge in [-0.3, -0.25) is 0 Å². The van der Waals surface area contributed by atoms with Crippen LogP contribution in [0.15, 0.2) is 45.9 Å². The quantitative estimate of drug-likeness (QED) is 0.272. The van der Waals surface area contributed by atoms with Crippen molar-refractivity contribution in [3.05, 3.63) is 57.7 Å². The molecule has 0 radical (unpaired) electrons. The smallest absolute Gasteiger partial charge is 0.270 e. The van der Waals surface area contributed by atoms with Crippen LogP contribution >= 0.6 is 22.9 Å². The zero-order chi connectivity index (χ0) is 25.4. The number of aromatic nitrogens is 2.